The number of para-hydroxylation sites is 2. The number of nitrogens with zero attached hydrogens (tertiary/aromatic N) is 3. The van der Waals surface area contributed by atoms with Crippen molar-refractivity contribution in [3.05, 3.63) is 200 Å². The van der Waals surface area contributed by atoms with Crippen molar-refractivity contribution in [3.8, 4) is 39.6 Å². The average Bonchev–Trinajstić information content (AvgIpc) is 3.55. The third-order valence-electron chi connectivity index (χ3n) is 9.68. The number of hydrogen-bond donors (Lipinski definition) is 1. The molecule has 4 nitrogen and oxygen atoms in total. The van der Waals surface area contributed by atoms with E-state index >= 15 is 0 Å². The summed E-state index contributed by atoms with van der Waals surface area (Å²) in [4.78, 5) is 10.5. The van der Waals surface area contributed by atoms with Crippen LogP contribution in [0.15, 0.2) is 189 Å². The van der Waals surface area contributed by atoms with Crippen LogP contribution in [0, 0.1) is 0 Å². The van der Waals surface area contributed by atoms with Crippen LogP contribution in [0.1, 0.15) is 31.0 Å². The second kappa shape index (κ2) is 14.8. The molecule has 8 aromatic rings. The van der Waals surface area contributed by atoms with Crippen molar-refractivity contribution in [3.63, 3.8) is 0 Å². The Morgan fingerprint density at radius 1 is 0.660 bits per heavy atom. The van der Waals surface area contributed by atoms with E-state index < -0.39 is 0 Å². The highest BCUT2D eigenvalue weighted by Crippen LogP contribution is 2.42. The van der Waals surface area contributed by atoms with E-state index in [1.165, 1.54) is 5.56 Å². The third-order valence-corrected chi connectivity index (χ3v) is 9.68. The predicted octanol–water partition coefficient (Wildman–Crippen LogP) is 12.9. The first kappa shape index (κ1) is 33.4. The van der Waals surface area contributed by atoms with Crippen molar-refractivity contribution < 1.29 is 0 Å². The highest BCUT2D eigenvalue weighted by molar-refractivity contribution is 6.16. The first-order chi connectivity index (χ1) is 26.1. The maximum Gasteiger partial charge on any atom is 0.162 e. The molecule has 0 saturated carbocycles. The topological polar surface area (TPSA) is 42.7 Å². The van der Waals surface area contributed by atoms with Crippen LogP contribution in [0.3, 0.4) is 0 Å². The standard InChI is InChI=1S/C49H40N4/c1-4-5-9-20-34(2)47-41(50-35(3)36-21-10-6-11-22-36)31-32-46-48(47)39-27-16-18-29-44(39)53(46)45-30-19-17-28-40(45)49-51-42(37-23-12-7-13-24-37)33-43(52-49)38-25-14-8-15-26-38/h4-33,35,50H,2H2,1,3H3/b5-4-,20-9-. The number of aromatic nitrogens is 3. The number of fused-ring (bicyclic) bond motifs is 3. The maximum atomic E-state index is 5.23. The van der Waals surface area contributed by atoms with Gasteiger partial charge in [-0.25, -0.2) is 9.97 Å². The normalized spacial score (nSPS) is 12.2. The molecule has 0 aliphatic heterocycles. The van der Waals surface area contributed by atoms with Crippen LogP contribution >= 0.6 is 0 Å². The second-order valence-corrected chi connectivity index (χ2v) is 13.1. The fourth-order valence-corrected chi connectivity index (χ4v) is 7.14. The minimum atomic E-state index is 0.0849. The van der Waals surface area contributed by atoms with Gasteiger partial charge in [0.25, 0.3) is 0 Å². The highest BCUT2D eigenvalue weighted by Gasteiger charge is 2.22. The Bertz CT molecular complexity index is 2560. The zero-order valence-corrected chi connectivity index (χ0v) is 29.9. The van der Waals surface area contributed by atoms with E-state index in [1.807, 2.05) is 55.5 Å². The van der Waals surface area contributed by atoms with E-state index in [4.69, 9.17) is 9.97 Å². The summed E-state index contributed by atoms with van der Waals surface area (Å²) < 4.78 is 2.36. The Balaban J connectivity index is 1.37. The fraction of sp³-hybridized carbons (Fsp3) is 0.0612. The summed E-state index contributed by atoms with van der Waals surface area (Å²) in [5.74, 6) is 0.667. The van der Waals surface area contributed by atoms with Gasteiger partial charge in [-0.15, -0.1) is 0 Å². The van der Waals surface area contributed by atoms with Gasteiger partial charge >= 0.3 is 0 Å². The number of benzene rings is 6. The van der Waals surface area contributed by atoms with Gasteiger partial charge in [0.05, 0.1) is 28.1 Å². The maximum absolute atomic E-state index is 5.23. The number of hydrogen-bond acceptors (Lipinski definition) is 3. The number of allylic oxidation sites excluding steroid dienone is 5. The molecular weight excluding hydrogens is 645 g/mol. The van der Waals surface area contributed by atoms with Crippen LogP contribution in [0.4, 0.5) is 5.69 Å². The van der Waals surface area contributed by atoms with Crippen molar-refractivity contribution in [2.75, 3.05) is 5.32 Å². The summed E-state index contributed by atoms with van der Waals surface area (Å²) in [7, 11) is 0. The fourth-order valence-electron chi connectivity index (χ4n) is 7.14. The number of nitrogens with one attached hydrogen (secondary N) is 1. The molecule has 4 heteroatoms. The number of anilines is 1. The summed E-state index contributed by atoms with van der Waals surface area (Å²) in [5, 5.41) is 6.13. The van der Waals surface area contributed by atoms with Gasteiger partial charge in [-0.1, -0.05) is 152 Å². The van der Waals surface area contributed by atoms with E-state index in [1.54, 1.807) is 0 Å². The van der Waals surface area contributed by atoms with E-state index in [9.17, 15) is 0 Å². The van der Waals surface area contributed by atoms with Gasteiger partial charge in [0, 0.05) is 44.8 Å². The lowest BCUT2D eigenvalue weighted by atomic mass is 9.97. The van der Waals surface area contributed by atoms with Crippen molar-refractivity contribution in [2.24, 2.45) is 0 Å². The van der Waals surface area contributed by atoms with Crippen molar-refractivity contribution >= 4 is 33.1 Å². The van der Waals surface area contributed by atoms with Gasteiger partial charge < -0.3 is 9.88 Å². The van der Waals surface area contributed by atoms with E-state index in [0.717, 1.165) is 72.4 Å². The Morgan fingerprint density at radius 2 is 1.26 bits per heavy atom. The summed E-state index contributed by atoms with van der Waals surface area (Å²) in [5.41, 5.74) is 12.2. The Hall–Kier alpha value is -6.78. The summed E-state index contributed by atoms with van der Waals surface area (Å²) in [6, 6.07) is 54.9. The van der Waals surface area contributed by atoms with Crippen LogP contribution in [0.25, 0.3) is 67.0 Å². The Kier molecular flexibility index (Phi) is 9.34. The zero-order valence-electron chi connectivity index (χ0n) is 29.9. The Labute approximate surface area is 311 Å². The molecule has 0 aliphatic rings. The molecular formula is C49H40N4. The molecule has 256 valence electrons. The van der Waals surface area contributed by atoms with Gasteiger partial charge in [-0.2, -0.15) is 0 Å². The van der Waals surface area contributed by atoms with Crippen LogP contribution in [-0.2, 0) is 0 Å². The molecule has 0 aliphatic carbocycles. The van der Waals surface area contributed by atoms with E-state index in [0.29, 0.717) is 5.82 Å². The van der Waals surface area contributed by atoms with Crippen LogP contribution in [-0.4, -0.2) is 14.5 Å². The van der Waals surface area contributed by atoms with Crippen LogP contribution in [0.5, 0.6) is 0 Å². The van der Waals surface area contributed by atoms with Gasteiger partial charge in [0.1, 0.15) is 0 Å². The minimum Gasteiger partial charge on any atom is -0.378 e. The molecule has 1 N–H and O–H groups in total. The molecule has 0 bridgehead atoms. The van der Waals surface area contributed by atoms with Gasteiger partial charge in [-0.05, 0) is 61.4 Å². The molecule has 53 heavy (non-hydrogen) atoms. The first-order valence-corrected chi connectivity index (χ1v) is 18.1. The SMILES string of the molecule is C=C(/C=C\C=C/C)c1c(NC(C)c2ccccc2)ccc2c1c1ccccc1n2-c1ccccc1-c1nc(-c2ccccc2)cc(-c2ccccc2)n1. The lowest BCUT2D eigenvalue weighted by molar-refractivity contribution is 0.884. The minimum absolute atomic E-state index is 0.0849. The predicted molar refractivity (Wildman–Crippen MR) is 224 cm³/mol. The van der Waals surface area contributed by atoms with E-state index in [2.05, 4.69) is 157 Å². The lowest BCUT2D eigenvalue weighted by Gasteiger charge is -2.20. The molecule has 0 spiro atoms. The van der Waals surface area contributed by atoms with Crippen LogP contribution < -0.4 is 5.32 Å². The summed E-state index contributed by atoms with van der Waals surface area (Å²) >= 11 is 0. The molecule has 2 heterocycles. The molecule has 0 fully saturated rings. The second-order valence-electron chi connectivity index (χ2n) is 13.1. The monoisotopic (exact) mass is 684 g/mol. The van der Waals surface area contributed by atoms with Crippen molar-refractivity contribution in [2.45, 2.75) is 19.9 Å². The quantitative estimate of drug-likeness (QED) is 0.146. The number of rotatable bonds is 10. The molecule has 6 aromatic carbocycles. The van der Waals surface area contributed by atoms with Gasteiger partial charge in [-0.3, -0.25) is 0 Å². The molecule has 1 atom stereocenters. The molecule has 0 radical (unpaired) electrons. The van der Waals surface area contributed by atoms with E-state index in [-0.39, 0.29) is 6.04 Å². The zero-order chi connectivity index (χ0) is 36.1. The van der Waals surface area contributed by atoms with Crippen molar-refractivity contribution in [1.82, 2.24) is 14.5 Å². The molecule has 0 saturated heterocycles. The molecule has 8 rings (SSSR count). The average molecular weight is 685 g/mol. The van der Waals surface area contributed by atoms with Gasteiger partial charge in [0.15, 0.2) is 5.82 Å². The smallest absolute Gasteiger partial charge is 0.162 e. The summed E-state index contributed by atoms with van der Waals surface area (Å²) in [6.45, 7) is 8.85. The lowest BCUT2D eigenvalue weighted by Crippen LogP contribution is -2.08. The first-order valence-electron chi connectivity index (χ1n) is 18.1. The van der Waals surface area contributed by atoms with Crippen LogP contribution in [0.2, 0.25) is 0 Å². The van der Waals surface area contributed by atoms with Gasteiger partial charge in [0.2, 0.25) is 0 Å². The summed E-state index contributed by atoms with van der Waals surface area (Å²) in [6.07, 6.45) is 8.22. The third kappa shape index (κ3) is 6.59. The highest BCUT2D eigenvalue weighted by atomic mass is 15.0. The Morgan fingerprint density at radius 3 is 1.94 bits per heavy atom. The molecule has 2 aromatic heterocycles. The van der Waals surface area contributed by atoms with Crippen molar-refractivity contribution in [1.29, 1.82) is 0 Å². The molecule has 1 unspecified atom stereocenters. The molecule has 0 amide bonds. The largest absolute Gasteiger partial charge is 0.378 e.